The van der Waals surface area contributed by atoms with E-state index in [-0.39, 0.29) is 148 Å². The monoisotopic (exact) mass is 1490 g/mol. The van der Waals surface area contributed by atoms with Gasteiger partial charge in [-0.05, 0) is 97.3 Å². The number of Topliss-reactive ketones (excluding diaryl/α,β-unsaturated/α-hetero) is 3. The van der Waals surface area contributed by atoms with Gasteiger partial charge < -0.3 is 61.9 Å². The Balaban J connectivity index is 1.33. The molecule has 2 saturated heterocycles. The molecule has 14 atom stereocenters. The molecule has 11 amide bonds. The summed E-state index contributed by atoms with van der Waals surface area (Å²) in [5, 5.41) is 21.4. The Labute approximate surface area is 624 Å². The van der Waals surface area contributed by atoms with Crippen molar-refractivity contribution in [3.05, 3.63) is 65.7 Å². The highest BCUT2D eigenvalue weighted by molar-refractivity contribution is 8.00. The molecule has 105 heavy (non-hydrogen) atoms. The summed E-state index contributed by atoms with van der Waals surface area (Å²) in [5.74, 6) is -8.02. The smallest absolute Gasteiger partial charge is 0.410 e. The number of anilines is 1. The van der Waals surface area contributed by atoms with Crippen molar-refractivity contribution in [1.82, 2.24) is 35.6 Å². The molecule has 2 aliphatic heterocycles. The van der Waals surface area contributed by atoms with Crippen molar-refractivity contribution in [2.75, 3.05) is 65.6 Å². The maximum absolute atomic E-state index is 14.8. The van der Waals surface area contributed by atoms with E-state index in [1.165, 1.54) is 26.2 Å². The number of hydrogen-bond acceptors (Lipinski definition) is 18. The molecule has 2 heterocycles. The zero-order valence-electron chi connectivity index (χ0n) is 64.5. The molecule has 9 N–H and O–H groups in total. The molecular formula is C77H120N10O17S. The number of rotatable bonds is 47. The van der Waals surface area contributed by atoms with E-state index in [4.69, 9.17) is 25.7 Å². The number of imide groups is 1. The van der Waals surface area contributed by atoms with Crippen LogP contribution in [0.3, 0.4) is 0 Å². The number of nitrogens with zero attached hydrogens (tertiary/aromatic N) is 4. The molecule has 0 bridgehead atoms. The number of ketones is 3. The fourth-order valence-corrected chi connectivity index (χ4v) is 15.2. The Morgan fingerprint density at radius 1 is 0.724 bits per heavy atom. The molecule has 28 heteroatoms. The molecule has 2 fully saturated rings. The average molecular weight is 1490 g/mol. The molecule has 0 spiro atoms. The Kier molecular flexibility index (Phi) is 37.8. The van der Waals surface area contributed by atoms with Crippen molar-refractivity contribution in [3.8, 4) is 0 Å². The van der Waals surface area contributed by atoms with Gasteiger partial charge in [0, 0.05) is 109 Å². The number of methoxy groups -OCH3 is 2. The average Bonchev–Trinajstić information content (AvgIpc) is 1.76. The second kappa shape index (κ2) is 44.3. The van der Waals surface area contributed by atoms with Gasteiger partial charge in [0.2, 0.25) is 47.3 Å². The molecule has 586 valence electrons. The highest BCUT2D eigenvalue weighted by atomic mass is 32.2. The number of likely N-dealkylation sites (tertiary alicyclic amines) is 2. The van der Waals surface area contributed by atoms with Crippen molar-refractivity contribution >= 4 is 94.2 Å². The number of carbonyl (C=O) groups excluding carboxylic acids is 13. The van der Waals surface area contributed by atoms with Crippen molar-refractivity contribution < 1.29 is 81.6 Å². The molecule has 0 aliphatic carbocycles. The van der Waals surface area contributed by atoms with E-state index >= 15 is 0 Å². The van der Waals surface area contributed by atoms with Gasteiger partial charge in [-0.15, -0.1) is 11.8 Å². The predicted octanol–water partition coefficient (Wildman–Crippen LogP) is 7.52. The van der Waals surface area contributed by atoms with Crippen LogP contribution >= 0.6 is 11.8 Å². The first-order valence-electron chi connectivity index (χ1n) is 37.1. The summed E-state index contributed by atoms with van der Waals surface area (Å²) < 4.78 is 16.7. The number of benzene rings is 2. The van der Waals surface area contributed by atoms with Crippen LogP contribution in [-0.2, 0) is 73.6 Å². The minimum absolute atomic E-state index is 0.0252. The SMILES string of the molecule is CC[C@H](C)C([C@@H](CC(=O)N1CCC[C@H]1[C@H](C)[C@@H](C)C(=O)C[C@H](C)[C@@H](O)c1ccccc1)OC)N(C)C(=O)[C@@H](NC(=O)[C@H](C(C)C)N(C)C(=O)OCc1ccc(NC(=O)[C@H](CCCNC(N)=O)CC(=O)[C@@H](NC(=O)CCCCCN2C(=O)CC(SC[C@@H](CC(=O)COC)C(N)=O)C2=O)C(C)C)cc1)C(C)C. The minimum Gasteiger partial charge on any atom is -0.445 e. The number of carbonyl (C=O) groups is 13. The lowest BCUT2D eigenvalue weighted by molar-refractivity contribution is -0.146. The van der Waals surface area contributed by atoms with Crippen molar-refractivity contribution in [2.45, 2.75) is 220 Å². The van der Waals surface area contributed by atoms with Crippen LogP contribution in [0.5, 0.6) is 0 Å². The lowest BCUT2D eigenvalue weighted by Crippen LogP contribution is -2.60. The largest absolute Gasteiger partial charge is 0.445 e. The van der Waals surface area contributed by atoms with E-state index in [0.29, 0.717) is 43.5 Å². The summed E-state index contributed by atoms with van der Waals surface area (Å²) in [5.41, 5.74) is 12.4. The second-order valence-corrected chi connectivity index (χ2v) is 30.8. The molecule has 4 rings (SSSR count). The number of aliphatic hydroxyl groups is 1. The van der Waals surface area contributed by atoms with E-state index in [0.717, 1.165) is 35.1 Å². The zero-order chi connectivity index (χ0) is 78.5. The standard InChI is InChI=1S/C77H120N10O17S/c1-16-48(8)69(61(103-15)40-64(92)86-36-24-28-58(86)50(10)51(11)59(89)37-49(9)70(94)53-25-19-17-20-26-53)84(12)75(99)67(46(4)5)83-73(97)68(47(6)7)85(13)77(101)104-42-52-30-32-56(33-31-52)81-72(96)54(27-23-34-80-76(79)100)39-60(90)66(45(2)3)82-63(91)29-21-18-22-35-87-65(93)41-62(74(87)98)105-44-55(71(78)95)38-57(88)43-102-14/h17,19-20,25-26,30-33,45-51,54-55,58,61-62,66-70,94H,16,18,21-24,27-29,34-44H2,1-15H3,(H2,78,95)(H,81,96)(H,82,91)(H,83,97)(H3,79,80,100)/t48-,49-,50+,51+,54+,55+,58-,61+,62?,66-,67-,68-,69?,70+/m0/s1. The first-order chi connectivity index (χ1) is 49.6. The fraction of sp³-hybridized carbons (Fsp3) is 0.675. The van der Waals surface area contributed by atoms with Gasteiger partial charge in [0.25, 0.3) is 0 Å². The van der Waals surface area contributed by atoms with Gasteiger partial charge in [-0.2, -0.15) is 0 Å². The molecule has 2 aliphatic rings. The van der Waals surface area contributed by atoms with Crippen LogP contribution in [0, 0.1) is 53.3 Å². The lowest BCUT2D eigenvalue weighted by Gasteiger charge is -2.41. The third kappa shape index (κ3) is 27.5. The molecular weight excluding hydrogens is 1370 g/mol. The van der Waals surface area contributed by atoms with Crippen LogP contribution in [0.25, 0.3) is 0 Å². The Morgan fingerprint density at radius 3 is 1.97 bits per heavy atom. The number of nitrogens with two attached hydrogens (primary N) is 2. The van der Waals surface area contributed by atoms with Gasteiger partial charge in [-0.1, -0.05) is 131 Å². The van der Waals surface area contributed by atoms with Crippen molar-refractivity contribution in [1.29, 1.82) is 0 Å². The molecule has 27 nitrogen and oxygen atoms in total. The highest BCUT2D eigenvalue weighted by Crippen LogP contribution is 2.35. The van der Waals surface area contributed by atoms with Crippen LogP contribution in [0.1, 0.15) is 183 Å². The van der Waals surface area contributed by atoms with Gasteiger partial charge in [-0.25, -0.2) is 9.59 Å². The number of aliphatic hydroxyl groups excluding tert-OH is 1. The summed E-state index contributed by atoms with van der Waals surface area (Å²) in [4.78, 5) is 180. The number of unbranched alkanes of at least 4 members (excludes halogenated alkanes) is 2. The van der Waals surface area contributed by atoms with Gasteiger partial charge in [0.05, 0.1) is 41.9 Å². The third-order valence-electron chi connectivity index (χ3n) is 20.6. The lowest BCUT2D eigenvalue weighted by atomic mass is 9.81. The number of ether oxygens (including phenoxy) is 3. The topological polar surface area (TPSA) is 383 Å². The quantitative estimate of drug-likeness (QED) is 0.0249. The number of primary amides is 2. The Morgan fingerprint density at radius 2 is 1.38 bits per heavy atom. The normalized spacial score (nSPS) is 18.0. The van der Waals surface area contributed by atoms with E-state index in [2.05, 4.69) is 21.3 Å². The number of amides is 11. The number of nitrogens with one attached hydrogen (secondary N) is 4. The third-order valence-corrected chi connectivity index (χ3v) is 21.9. The number of likely N-dealkylation sites (N-methyl/N-ethyl adjacent to an activating group) is 2. The molecule has 0 radical (unpaired) electrons. The van der Waals surface area contributed by atoms with Crippen LogP contribution in [-0.4, -0.2) is 203 Å². The molecule has 2 aromatic rings. The van der Waals surface area contributed by atoms with E-state index in [9.17, 15) is 67.4 Å². The van der Waals surface area contributed by atoms with Gasteiger partial charge in [-0.3, -0.25) is 62.5 Å². The summed E-state index contributed by atoms with van der Waals surface area (Å²) in [7, 11) is 5.97. The fourth-order valence-electron chi connectivity index (χ4n) is 13.9. The Bertz CT molecular complexity index is 3230. The number of urea groups is 1. The molecule has 0 aromatic heterocycles. The summed E-state index contributed by atoms with van der Waals surface area (Å²) >= 11 is 1.11. The van der Waals surface area contributed by atoms with Crippen LogP contribution in [0.4, 0.5) is 15.3 Å². The minimum atomic E-state index is -1.08. The summed E-state index contributed by atoms with van der Waals surface area (Å²) in [6.45, 7) is 20.8. The van der Waals surface area contributed by atoms with Crippen LogP contribution < -0.4 is 32.7 Å². The van der Waals surface area contributed by atoms with Crippen LogP contribution in [0.2, 0.25) is 0 Å². The molecule has 2 aromatic carbocycles. The van der Waals surface area contributed by atoms with Gasteiger partial charge in [0.1, 0.15) is 31.1 Å². The van der Waals surface area contributed by atoms with E-state index < -0.39 is 113 Å². The van der Waals surface area contributed by atoms with Crippen molar-refractivity contribution in [2.24, 2.45) is 64.7 Å². The Hall–Kier alpha value is -7.82. The first-order valence-corrected chi connectivity index (χ1v) is 38.2. The second-order valence-electron chi connectivity index (χ2n) is 29.6. The maximum atomic E-state index is 14.8. The predicted molar refractivity (Wildman–Crippen MR) is 400 cm³/mol. The molecule has 0 saturated carbocycles. The van der Waals surface area contributed by atoms with E-state index in [1.807, 2.05) is 83.7 Å². The van der Waals surface area contributed by atoms with Crippen LogP contribution in [0.15, 0.2) is 54.6 Å². The highest BCUT2D eigenvalue weighted by Gasteiger charge is 2.44. The summed E-state index contributed by atoms with van der Waals surface area (Å²) in [6.07, 6.45) is 1.26. The number of thioether (sulfide) groups is 1. The first kappa shape index (κ1) is 89.6. The zero-order valence-corrected chi connectivity index (χ0v) is 65.3. The maximum Gasteiger partial charge on any atom is 0.410 e. The van der Waals surface area contributed by atoms with Gasteiger partial charge >= 0.3 is 12.1 Å². The number of hydrogen-bond donors (Lipinski definition) is 7. The molecule has 2 unspecified atom stereocenters. The van der Waals surface area contributed by atoms with E-state index in [1.54, 1.807) is 63.9 Å². The van der Waals surface area contributed by atoms with Crippen molar-refractivity contribution in [3.63, 3.8) is 0 Å². The summed E-state index contributed by atoms with van der Waals surface area (Å²) in [6, 6.07) is 11.1. The van der Waals surface area contributed by atoms with Gasteiger partial charge in [0.15, 0.2) is 11.6 Å².